The van der Waals surface area contributed by atoms with Crippen molar-refractivity contribution in [2.45, 2.75) is 72.8 Å². The zero-order valence-corrected chi connectivity index (χ0v) is 24.5. The maximum absolute atomic E-state index is 6.42. The molecule has 202 valence electrons. The molecule has 0 amide bonds. The lowest BCUT2D eigenvalue weighted by Crippen LogP contribution is -2.48. The molecule has 0 N–H and O–H groups in total. The Morgan fingerprint density at radius 1 is 0.972 bits per heavy atom. The Morgan fingerprint density at radius 2 is 1.61 bits per heavy atom. The summed E-state index contributed by atoms with van der Waals surface area (Å²) in [6.07, 6.45) is 0.467. The van der Waals surface area contributed by atoms with Gasteiger partial charge in [0, 0.05) is 54.9 Å². The van der Waals surface area contributed by atoms with Gasteiger partial charge in [-0.05, 0) is 50.2 Å². The van der Waals surface area contributed by atoms with Gasteiger partial charge in [-0.25, -0.2) is 0 Å². The van der Waals surface area contributed by atoms with Crippen molar-refractivity contribution in [3.63, 3.8) is 0 Å². The molecule has 0 spiro atoms. The van der Waals surface area contributed by atoms with Gasteiger partial charge in [0.1, 0.15) is 18.5 Å². The predicted molar refractivity (Wildman–Crippen MR) is 153 cm³/mol. The number of benzene rings is 2. The zero-order valence-electron chi connectivity index (χ0n) is 23.0. The van der Waals surface area contributed by atoms with Crippen molar-refractivity contribution in [1.82, 2.24) is 4.90 Å². The molecule has 0 saturated carbocycles. The van der Waals surface area contributed by atoms with E-state index in [4.69, 9.17) is 37.4 Å². The Balaban J connectivity index is 0.00000109. The van der Waals surface area contributed by atoms with Crippen molar-refractivity contribution in [2.24, 2.45) is 0 Å². The Morgan fingerprint density at radius 3 is 2.17 bits per heavy atom. The van der Waals surface area contributed by atoms with E-state index < -0.39 is 5.79 Å². The van der Waals surface area contributed by atoms with Crippen molar-refractivity contribution in [3.05, 3.63) is 58.1 Å². The molecular weight excluding hydrogens is 495 g/mol. The SMILES string of the molecule is CC.CC.CC[C@]1(c2ccc(Cl)cc2Cl)OCC(COc2ccc(N3CCN(C(C)C)CC3)cc2)O1. The van der Waals surface area contributed by atoms with Crippen LogP contribution >= 0.6 is 23.2 Å². The molecule has 36 heavy (non-hydrogen) atoms. The Kier molecular flexibility index (Phi) is 12.8. The molecule has 2 heterocycles. The van der Waals surface area contributed by atoms with E-state index in [9.17, 15) is 0 Å². The average molecular weight is 540 g/mol. The first kappa shape index (κ1) is 30.7. The monoisotopic (exact) mass is 538 g/mol. The van der Waals surface area contributed by atoms with Crippen LogP contribution in [-0.2, 0) is 15.3 Å². The lowest BCUT2D eigenvalue weighted by atomic mass is 10.0. The molecule has 2 aliphatic heterocycles. The molecule has 2 saturated heterocycles. The normalized spacial score (nSPS) is 21.9. The van der Waals surface area contributed by atoms with Gasteiger partial charge in [-0.15, -0.1) is 0 Å². The van der Waals surface area contributed by atoms with E-state index in [-0.39, 0.29) is 6.10 Å². The van der Waals surface area contributed by atoms with Gasteiger partial charge >= 0.3 is 0 Å². The minimum absolute atomic E-state index is 0.175. The number of hydrogen-bond acceptors (Lipinski definition) is 5. The number of anilines is 1. The summed E-state index contributed by atoms with van der Waals surface area (Å²) in [4.78, 5) is 4.95. The topological polar surface area (TPSA) is 34.2 Å². The lowest BCUT2D eigenvalue weighted by Gasteiger charge is -2.38. The number of halogens is 2. The fourth-order valence-corrected chi connectivity index (χ4v) is 4.95. The fourth-order valence-electron chi connectivity index (χ4n) is 4.40. The molecule has 0 aliphatic carbocycles. The molecule has 0 bridgehead atoms. The summed E-state index contributed by atoms with van der Waals surface area (Å²) in [6.45, 7) is 19.7. The molecule has 2 aliphatic rings. The van der Waals surface area contributed by atoms with E-state index in [1.54, 1.807) is 12.1 Å². The highest BCUT2D eigenvalue weighted by Gasteiger charge is 2.43. The summed E-state index contributed by atoms with van der Waals surface area (Å²) >= 11 is 12.5. The summed E-state index contributed by atoms with van der Waals surface area (Å²) in [5.74, 6) is -0.0331. The van der Waals surface area contributed by atoms with Gasteiger partial charge in [0.15, 0.2) is 5.79 Å². The standard InChI is InChI=1S/C25H32Cl2N2O3.2C2H6/c1-4-25(23-10-5-19(26)15-24(23)27)31-17-22(32-25)16-30-21-8-6-20(7-9-21)29-13-11-28(12-14-29)18(2)3;2*1-2/h5-10,15,18,22H,4,11-14,16-17H2,1-3H3;2*1-2H3/t22?,25-;;/m0../s1. The minimum Gasteiger partial charge on any atom is -0.491 e. The molecular formula is C29H44Cl2N2O3. The fraction of sp³-hybridized carbons (Fsp3) is 0.586. The van der Waals surface area contributed by atoms with Crippen LogP contribution in [0.25, 0.3) is 0 Å². The third kappa shape index (κ3) is 7.75. The van der Waals surface area contributed by atoms with E-state index in [1.807, 2.05) is 52.8 Å². The first-order valence-electron chi connectivity index (χ1n) is 13.4. The largest absolute Gasteiger partial charge is 0.491 e. The Labute approximate surface area is 228 Å². The van der Waals surface area contributed by atoms with Gasteiger partial charge in [-0.2, -0.15) is 0 Å². The van der Waals surface area contributed by atoms with Crippen molar-refractivity contribution in [1.29, 1.82) is 0 Å². The van der Waals surface area contributed by atoms with Gasteiger partial charge in [-0.3, -0.25) is 4.90 Å². The number of piperazine rings is 1. The van der Waals surface area contributed by atoms with Gasteiger partial charge < -0.3 is 19.1 Å². The second kappa shape index (κ2) is 15.0. The molecule has 5 nitrogen and oxygen atoms in total. The highest BCUT2D eigenvalue weighted by Crippen LogP contribution is 2.41. The average Bonchev–Trinajstić information content (AvgIpc) is 3.34. The predicted octanol–water partition coefficient (Wildman–Crippen LogP) is 7.63. The zero-order chi connectivity index (χ0) is 26.7. The van der Waals surface area contributed by atoms with Crippen molar-refractivity contribution < 1.29 is 14.2 Å². The van der Waals surface area contributed by atoms with E-state index in [1.165, 1.54) is 5.69 Å². The number of rotatable bonds is 7. The van der Waals surface area contributed by atoms with Gasteiger partial charge in [0.2, 0.25) is 0 Å². The first-order valence-corrected chi connectivity index (χ1v) is 14.1. The van der Waals surface area contributed by atoms with E-state index in [0.29, 0.717) is 35.7 Å². The summed E-state index contributed by atoms with van der Waals surface area (Å²) in [6, 6.07) is 14.3. The van der Waals surface area contributed by atoms with Gasteiger partial charge in [-0.1, -0.05) is 63.9 Å². The summed E-state index contributed by atoms with van der Waals surface area (Å²) < 4.78 is 18.4. The van der Waals surface area contributed by atoms with Gasteiger partial charge in [0.25, 0.3) is 0 Å². The van der Waals surface area contributed by atoms with Gasteiger partial charge in [0.05, 0.1) is 11.6 Å². The third-order valence-electron chi connectivity index (χ3n) is 6.35. The highest BCUT2D eigenvalue weighted by atomic mass is 35.5. The number of ether oxygens (including phenoxy) is 3. The van der Waals surface area contributed by atoms with Crippen LogP contribution in [0.3, 0.4) is 0 Å². The number of nitrogens with zero attached hydrogens (tertiary/aromatic N) is 2. The summed E-state index contributed by atoms with van der Waals surface area (Å²) in [7, 11) is 0. The van der Waals surface area contributed by atoms with E-state index >= 15 is 0 Å². The second-order valence-corrected chi connectivity index (χ2v) is 9.55. The molecule has 2 aromatic rings. The third-order valence-corrected chi connectivity index (χ3v) is 6.90. The van der Waals surface area contributed by atoms with Crippen molar-refractivity contribution in [2.75, 3.05) is 44.3 Å². The molecule has 2 atom stereocenters. The second-order valence-electron chi connectivity index (χ2n) is 8.70. The quantitative estimate of drug-likeness (QED) is 0.361. The maximum Gasteiger partial charge on any atom is 0.196 e. The van der Waals surface area contributed by atoms with Crippen LogP contribution in [0, 0.1) is 0 Å². The number of hydrogen-bond donors (Lipinski definition) is 0. The Hall–Kier alpha value is -1.50. The van der Waals surface area contributed by atoms with Crippen LogP contribution in [0.1, 0.15) is 60.5 Å². The van der Waals surface area contributed by atoms with Crippen LogP contribution in [-0.4, -0.2) is 56.4 Å². The lowest BCUT2D eigenvalue weighted by molar-refractivity contribution is -0.181. The molecule has 2 fully saturated rings. The molecule has 1 unspecified atom stereocenters. The molecule has 2 aromatic carbocycles. The smallest absolute Gasteiger partial charge is 0.196 e. The summed E-state index contributed by atoms with van der Waals surface area (Å²) in [5, 5.41) is 1.14. The van der Waals surface area contributed by atoms with Crippen molar-refractivity contribution in [3.8, 4) is 5.75 Å². The van der Waals surface area contributed by atoms with Crippen LogP contribution < -0.4 is 9.64 Å². The van der Waals surface area contributed by atoms with Crippen molar-refractivity contribution >= 4 is 28.9 Å². The van der Waals surface area contributed by atoms with Crippen LogP contribution in [0.15, 0.2) is 42.5 Å². The first-order chi connectivity index (χ1) is 17.4. The summed E-state index contributed by atoms with van der Waals surface area (Å²) in [5.41, 5.74) is 2.04. The highest BCUT2D eigenvalue weighted by molar-refractivity contribution is 6.35. The maximum atomic E-state index is 6.42. The molecule has 7 heteroatoms. The minimum atomic E-state index is -0.863. The molecule has 0 radical (unpaired) electrons. The molecule has 4 rings (SSSR count). The van der Waals surface area contributed by atoms with Crippen LogP contribution in [0.2, 0.25) is 10.0 Å². The Bertz CT molecular complexity index is 902. The van der Waals surface area contributed by atoms with E-state index in [2.05, 4.69) is 35.8 Å². The molecule has 0 aromatic heterocycles. The van der Waals surface area contributed by atoms with E-state index in [0.717, 1.165) is 37.5 Å². The van der Waals surface area contributed by atoms with Crippen LogP contribution in [0.4, 0.5) is 5.69 Å². The van der Waals surface area contributed by atoms with Crippen LogP contribution in [0.5, 0.6) is 5.75 Å².